The molecular weight excluding hydrogens is 450 g/mol. The van der Waals surface area contributed by atoms with Crippen LogP contribution in [0.5, 0.6) is 0 Å². The molecule has 0 radical (unpaired) electrons. The van der Waals surface area contributed by atoms with Crippen LogP contribution in [0.25, 0.3) is 0 Å². The summed E-state index contributed by atoms with van der Waals surface area (Å²) in [7, 11) is 0. The molecule has 35 heavy (non-hydrogen) atoms. The quantitative estimate of drug-likeness (QED) is 0.499. The molecule has 190 valence electrons. The zero-order valence-corrected chi connectivity index (χ0v) is 19.9. The molecule has 1 atom stereocenters. The number of aliphatic imine (C=N–C) groups is 1. The summed E-state index contributed by atoms with van der Waals surface area (Å²) in [6.07, 6.45) is 7.93. The van der Waals surface area contributed by atoms with Crippen LogP contribution >= 0.6 is 0 Å². The highest BCUT2D eigenvalue weighted by Gasteiger charge is 2.38. The number of esters is 1. The number of rotatable bonds is 2. The van der Waals surface area contributed by atoms with Crippen molar-refractivity contribution in [3.8, 4) is 0 Å². The van der Waals surface area contributed by atoms with Gasteiger partial charge < -0.3 is 19.1 Å². The van der Waals surface area contributed by atoms with Crippen molar-refractivity contribution in [3.05, 3.63) is 48.0 Å². The molecule has 1 N–H and O–H groups in total. The zero-order valence-electron chi connectivity index (χ0n) is 22.9. The van der Waals surface area contributed by atoms with Crippen LogP contribution < -0.4 is 5.32 Å². The van der Waals surface area contributed by atoms with E-state index in [0.717, 1.165) is 19.3 Å². The smallest absolute Gasteiger partial charge is 0.437 e. The Morgan fingerprint density at radius 2 is 2.00 bits per heavy atom. The van der Waals surface area contributed by atoms with E-state index in [2.05, 4.69) is 16.4 Å². The predicted molar refractivity (Wildman–Crippen MR) is 131 cm³/mol. The van der Waals surface area contributed by atoms with E-state index in [1.165, 1.54) is 0 Å². The summed E-state index contributed by atoms with van der Waals surface area (Å²) in [5.41, 5.74) is -0.167. The second-order valence-electron chi connectivity index (χ2n) is 8.68. The van der Waals surface area contributed by atoms with E-state index in [1.807, 2.05) is 12.1 Å². The zero-order chi connectivity index (χ0) is 27.4. The third kappa shape index (κ3) is 9.16. The van der Waals surface area contributed by atoms with Gasteiger partial charge in [0.2, 0.25) is 11.9 Å². The Morgan fingerprint density at radius 3 is 2.77 bits per heavy atom. The topological polar surface area (TPSA) is 107 Å². The average molecular weight is 489 g/mol. The second-order valence-corrected chi connectivity index (χ2v) is 8.68. The van der Waals surface area contributed by atoms with Crippen LogP contribution in [0.1, 0.15) is 61.0 Å². The highest BCUT2D eigenvalue weighted by molar-refractivity contribution is 6.01. The van der Waals surface area contributed by atoms with Gasteiger partial charge in [0.25, 0.3) is 0 Å². The average Bonchev–Trinajstić information content (AvgIpc) is 3.32. The molecule has 9 heteroatoms. The van der Waals surface area contributed by atoms with E-state index in [0.29, 0.717) is 42.8 Å². The maximum absolute atomic E-state index is 13.0. The van der Waals surface area contributed by atoms with Crippen molar-refractivity contribution in [1.82, 2.24) is 10.2 Å². The van der Waals surface area contributed by atoms with Crippen molar-refractivity contribution < 1.29 is 32.7 Å². The Bertz CT molecular complexity index is 1010. The lowest BCUT2D eigenvalue weighted by Gasteiger charge is -2.29. The van der Waals surface area contributed by atoms with Crippen LogP contribution in [0.15, 0.2) is 47.5 Å². The summed E-state index contributed by atoms with van der Waals surface area (Å²) in [6.45, 7) is -3.15. The molecule has 2 aliphatic rings. The van der Waals surface area contributed by atoms with E-state index in [9.17, 15) is 14.4 Å². The van der Waals surface area contributed by atoms with E-state index in [-0.39, 0.29) is 19.6 Å². The van der Waals surface area contributed by atoms with Crippen LogP contribution in [-0.4, -0.2) is 61.2 Å². The van der Waals surface area contributed by atoms with Gasteiger partial charge in [-0.15, -0.1) is 4.99 Å². The Hall–Kier alpha value is -3.20. The number of carbonyl (C=O) groups excluding carboxylic acids is 3. The SMILES string of the molecule is [2H]C([2H])([2H])N1CC(=O)OC2(CC/C=C\CCCCCC(=O)N/C1=N/C(=O)OCc1ccccc1)CCOC2. The van der Waals surface area contributed by atoms with Crippen molar-refractivity contribution in [2.24, 2.45) is 4.99 Å². The third-order valence-corrected chi connectivity index (χ3v) is 5.80. The first-order valence-corrected chi connectivity index (χ1v) is 12.0. The van der Waals surface area contributed by atoms with E-state index in [4.69, 9.17) is 18.3 Å². The molecule has 1 unspecified atom stereocenters. The van der Waals surface area contributed by atoms with Crippen LogP contribution in [-0.2, 0) is 30.4 Å². The van der Waals surface area contributed by atoms with Crippen LogP contribution in [0.4, 0.5) is 4.79 Å². The first-order chi connectivity index (χ1) is 18.2. The molecule has 2 aliphatic heterocycles. The van der Waals surface area contributed by atoms with Gasteiger partial charge in [-0.25, -0.2) is 4.79 Å². The molecule has 2 heterocycles. The van der Waals surface area contributed by atoms with Gasteiger partial charge in [-0.2, -0.15) is 0 Å². The fourth-order valence-corrected chi connectivity index (χ4v) is 3.88. The second kappa shape index (κ2) is 13.6. The van der Waals surface area contributed by atoms with Gasteiger partial charge in [0, 0.05) is 23.9 Å². The van der Waals surface area contributed by atoms with Gasteiger partial charge >= 0.3 is 12.1 Å². The van der Waals surface area contributed by atoms with Gasteiger partial charge in [-0.1, -0.05) is 48.9 Å². The summed E-state index contributed by atoms with van der Waals surface area (Å²) < 4.78 is 40.4. The number of benzene rings is 1. The van der Waals surface area contributed by atoms with Gasteiger partial charge in [-0.05, 0) is 37.7 Å². The maximum Gasteiger partial charge on any atom is 0.437 e. The molecule has 0 aliphatic carbocycles. The lowest BCUT2D eigenvalue weighted by molar-refractivity contribution is -0.160. The Kier molecular flexibility index (Phi) is 8.67. The Morgan fingerprint density at radius 1 is 1.17 bits per heavy atom. The normalized spacial score (nSPS) is 26.7. The number of hydrogen-bond donors (Lipinski definition) is 1. The molecule has 0 saturated carbocycles. The number of nitrogens with zero attached hydrogens (tertiary/aromatic N) is 2. The fourth-order valence-electron chi connectivity index (χ4n) is 3.88. The van der Waals surface area contributed by atoms with Crippen molar-refractivity contribution >= 4 is 23.9 Å². The first-order valence-electron chi connectivity index (χ1n) is 13.5. The lowest BCUT2D eigenvalue weighted by atomic mass is 9.96. The third-order valence-electron chi connectivity index (χ3n) is 5.80. The van der Waals surface area contributed by atoms with Crippen LogP contribution in [0, 0.1) is 0 Å². The van der Waals surface area contributed by atoms with E-state index < -0.39 is 43.1 Å². The molecule has 1 fully saturated rings. The van der Waals surface area contributed by atoms with Gasteiger partial charge in [0.05, 0.1) is 13.2 Å². The van der Waals surface area contributed by atoms with Gasteiger partial charge in [0.1, 0.15) is 18.8 Å². The van der Waals surface area contributed by atoms with Crippen molar-refractivity contribution in [1.29, 1.82) is 0 Å². The number of guanidine groups is 1. The number of amides is 2. The summed E-state index contributed by atoms with van der Waals surface area (Å²) >= 11 is 0. The number of likely N-dealkylation sites (N-methyl/N-ethyl adjacent to an activating group) is 1. The minimum absolute atomic E-state index is 0.0987. The number of hydrogen-bond acceptors (Lipinski definition) is 6. The maximum atomic E-state index is 13.0. The van der Waals surface area contributed by atoms with Crippen molar-refractivity contribution in [2.45, 2.75) is 63.6 Å². The molecule has 9 nitrogen and oxygen atoms in total. The summed E-state index contributed by atoms with van der Waals surface area (Å²) in [6, 6.07) is 8.87. The van der Waals surface area contributed by atoms with Gasteiger partial charge in [-0.3, -0.25) is 14.9 Å². The summed E-state index contributed by atoms with van der Waals surface area (Å²) in [4.78, 5) is 42.5. The molecule has 2 amide bonds. The number of carbonyl (C=O) groups is 3. The molecule has 0 aromatic heterocycles. The Balaban J connectivity index is 1.84. The molecule has 3 rings (SSSR count). The Labute approximate surface area is 210 Å². The standard InChI is InChI=1S/C26H35N3O6/c1-29-18-23(31)35-26(16-17-33-20-26)15-11-6-4-2-3-5-10-14-22(30)27-24(29)28-25(32)34-19-21-12-8-7-9-13-21/h4,6-9,12-13H,2-3,5,10-11,14-20H2,1H3,(H,27,28,30,32)/b6-4-/i1D3. The van der Waals surface area contributed by atoms with E-state index in [1.54, 1.807) is 24.3 Å². The van der Waals surface area contributed by atoms with Gasteiger partial charge in [0.15, 0.2) is 0 Å². The molecule has 1 aromatic carbocycles. The minimum Gasteiger partial charge on any atom is -0.455 e. The van der Waals surface area contributed by atoms with Crippen molar-refractivity contribution in [3.63, 3.8) is 0 Å². The first kappa shape index (κ1) is 22.3. The highest BCUT2D eigenvalue weighted by atomic mass is 16.6. The van der Waals surface area contributed by atoms with Crippen molar-refractivity contribution in [2.75, 3.05) is 26.7 Å². The summed E-state index contributed by atoms with van der Waals surface area (Å²) in [5.74, 6) is -1.95. The molecule has 0 bridgehead atoms. The minimum atomic E-state index is -2.92. The monoisotopic (exact) mass is 488 g/mol. The van der Waals surface area contributed by atoms with Crippen LogP contribution in [0.2, 0.25) is 0 Å². The fraction of sp³-hybridized carbons (Fsp3) is 0.538. The number of ether oxygens (including phenoxy) is 3. The highest BCUT2D eigenvalue weighted by Crippen LogP contribution is 2.29. The number of allylic oxidation sites excluding steroid dienone is 2. The lowest BCUT2D eigenvalue weighted by Crippen LogP contribution is -2.46. The van der Waals surface area contributed by atoms with Crippen LogP contribution in [0.3, 0.4) is 0 Å². The predicted octanol–water partition coefficient (Wildman–Crippen LogP) is 3.73. The summed E-state index contributed by atoms with van der Waals surface area (Å²) in [5, 5.41) is 2.41. The molecule has 1 aromatic rings. The van der Waals surface area contributed by atoms with E-state index >= 15 is 0 Å². The largest absolute Gasteiger partial charge is 0.455 e. The molecule has 1 spiro atoms. The molecular formula is C26H35N3O6. The number of nitrogens with one attached hydrogen (secondary N) is 1. The molecule has 1 saturated heterocycles.